The second-order valence-corrected chi connectivity index (χ2v) is 4.61. The smallest absolute Gasteiger partial charge is 0.321 e. The van der Waals surface area contributed by atoms with E-state index in [2.05, 4.69) is 5.32 Å². The number of carboxylic acid groups (broad SMARTS) is 1. The topological polar surface area (TPSA) is 93.4 Å². The van der Waals surface area contributed by atoms with Gasteiger partial charge in [-0.2, -0.15) is 5.26 Å². The van der Waals surface area contributed by atoms with E-state index in [0.717, 1.165) is 0 Å². The van der Waals surface area contributed by atoms with Crippen molar-refractivity contribution in [1.29, 1.82) is 5.26 Å². The first-order chi connectivity index (χ1) is 9.01. The Balaban J connectivity index is 2.03. The van der Waals surface area contributed by atoms with E-state index in [9.17, 15) is 9.59 Å². The Labute approximate surface area is 114 Å². The lowest BCUT2D eigenvalue weighted by molar-refractivity contribution is -0.145. The van der Waals surface area contributed by atoms with Crippen LogP contribution in [0.25, 0.3) is 0 Å². The van der Waals surface area contributed by atoms with Crippen LogP contribution in [0.15, 0.2) is 18.2 Å². The van der Waals surface area contributed by atoms with E-state index < -0.39 is 17.9 Å². The zero-order valence-corrected chi connectivity index (χ0v) is 10.5. The Kier molecular flexibility index (Phi) is 3.58. The average Bonchev–Trinajstić information content (AvgIpc) is 2.26. The number of likely N-dealkylation sites (tertiary alicyclic amines) is 1. The monoisotopic (exact) mass is 279 g/mol. The molecule has 0 aliphatic carbocycles. The molecule has 0 radical (unpaired) electrons. The Bertz CT molecular complexity index is 576. The molecular weight excluding hydrogens is 270 g/mol. The van der Waals surface area contributed by atoms with Gasteiger partial charge in [0.15, 0.2) is 0 Å². The van der Waals surface area contributed by atoms with Gasteiger partial charge in [-0.25, -0.2) is 4.79 Å². The molecule has 0 saturated carbocycles. The third-order valence-electron chi connectivity index (χ3n) is 2.86. The van der Waals surface area contributed by atoms with Crippen LogP contribution in [0.5, 0.6) is 0 Å². The predicted molar refractivity (Wildman–Crippen MR) is 67.9 cm³/mol. The molecule has 1 fully saturated rings. The fourth-order valence-corrected chi connectivity index (χ4v) is 1.88. The first kappa shape index (κ1) is 13.2. The first-order valence-electron chi connectivity index (χ1n) is 5.49. The summed E-state index contributed by atoms with van der Waals surface area (Å²) in [6.45, 7) is 0.341. The minimum atomic E-state index is -0.912. The Morgan fingerprint density at radius 2 is 2.16 bits per heavy atom. The SMILES string of the molecule is N#Cc1ccc(Cl)cc1NC(=O)N1CC(C(=O)O)C1. The number of hydrogen-bond acceptors (Lipinski definition) is 3. The lowest BCUT2D eigenvalue weighted by Gasteiger charge is -2.36. The van der Waals surface area contributed by atoms with E-state index in [4.69, 9.17) is 22.0 Å². The van der Waals surface area contributed by atoms with Gasteiger partial charge in [0, 0.05) is 18.1 Å². The molecule has 0 aromatic heterocycles. The van der Waals surface area contributed by atoms with Crippen molar-refractivity contribution in [3.8, 4) is 6.07 Å². The molecule has 1 aliphatic heterocycles. The van der Waals surface area contributed by atoms with Gasteiger partial charge >= 0.3 is 12.0 Å². The van der Waals surface area contributed by atoms with Gasteiger partial charge in [0.2, 0.25) is 0 Å². The van der Waals surface area contributed by atoms with Crippen LogP contribution in [0.3, 0.4) is 0 Å². The van der Waals surface area contributed by atoms with Crippen LogP contribution < -0.4 is 5.32 Å². The number of benzene rings is 1. The number of nitrogens with zero attached hydrogens (tertiary/aromatic N) is 2. The summed E-state index contributed by atoms with van der Waals surface area (Å²) in [6.07, 6.45) is 0. The molecular formula is C12H10ClN3O3. The average molecular weight is 280 g/mol. The van der Waals surface area contributed by atoms with Crippen LogP contribution >= 0.6 is 11.6 Å². The van der Waals surface area contributed by atoms with Crippen LogP contribution in [-0.2, 0) is 4.79 Å². The molecule has 2 rings (SSSR count). The molecule has 2 N–H and O–H groups in total. The third-order valence-corrected chi connectivity index (χ3v) is 3.10. The molecule has 1 aliphatic rings. The number of rotatable bonds is 2. The number of amides is 2. The van der Waals surface area contributed by atoms with Crippen molar-refractivity contribution in [3.05, 3.63) is 28.8 Å². The first-order valence-corrected chi connectivity index (χ1v) is 5.87. The fourth-order valence-electron chi connectivity index (χ4n) is 1.71. The summed E-state index contributed by atoms with van der Waals surface area (Å²) in [5.41, 5.74) is 0.617. The lowest BCUT2D eigenvalue weighted by atomic mass is 10.0. The molecule has 1 saturated heterocycles. The number of nitriles is 1. The Morgan fingerprint density at radius 1 is 1.47 bits per heavy atom. The number of carboxylic acids is 1. The van der Waals surface area contributed by atoms with Crippen LogP contribution in [-0.4, -0.2) is 35.1 Å². The van der Waals surface area contributed by atoms with E-state index >= 15 is 0 Å². The van der Waals surface area contributed by atoms with Crippen LogP contribution in [0.2, 0.25) is 5.02 Å². The molecule has 2 amide bonds. The normalized spacial score (nSPS) is 14.4. The molecule has 1 aromatic carbocycles. The summed E-state index contributed by atoms with van der Waals surface area (Å²) in [5.74, 6) is -1.43. The van der Waals surface area contributed by atoms with E-state index in [0.29, 0.717) is 16.3 Å². The summed E-state index contributed by atoms with van der Waals surface area (Å²) < 4.78 is 0. The van der Waals surface area contributed by atoms with Gasteiger partial charge in [-0.1, -0.05) is 11.6 Å². The number of carbonyl (C=O) groups excluding carboxylic acids is 1. The van der Waals surface area contributed by atoms with Crippen LogP contribution in [0.1, 0.15) is 5.56 Å². The molecule has 1 aromatic rings. The Hall–Kier alpha value is -2.26. The van der Waals surface area contributed by atoms with Crippen molar-refractivity contribution in [2.24, 2.45) is 5.92 Å². The molecule has 0 unspecified atom stereocenters. The summed E-state index contributed by atoms with van der Waals surface area (Å²) in [4.78, 5) is 23.8. The van der Waals surface area contributed by atoms with Crippen molar-refractivity contribution < 1.29 is 14.7 Å². The number of carbonyl (C=O) groups is 2. The number of hydrogen-bond donors (Lipinski definition) is 2. The van der Waals surface area contributed by atoms with Gasteiger partial charge in [0.1, 0.15) is 6.07 Å². The maximum absolute atomic E-state index is 11.8. The predicted octanol–water partition coefficient (Wildman–Crippen LogP) is 1.76. The molecule has 6 nitrogen and oxygen atoms in total. The largest absolute Gasteiger partial charge is 0.481 e. The number of urea groups is 1. The van der Waals surface area contributed by atoms with E-state index in [-0.39, 0.29) is 13.1 Å². The second kappa shape index (κ2) is 5.16. The van der Waals surface area contributed by atoms with Gasteiger partial charge in [0.25, 0.3) is 0 Å². The Morgan fingerprint density at radius 3 is 2.74 bits per heavy atom. The molecule has 98 valence electrons. The second-order valence-electron chi connectivity index (χ2n) is 4.17. The van der Waals surface area contributed by atoms with Crippen LogP contribution in [0, 0.1) is 17.2 Å². The summed E-state index contributed by atoms with van der Waals surface area (Å²) in [5, 5.41) is 20.6. The third kappa shape index (κ3) is 2.77. The number of aliphatic carboxylic acids is 1. The van der Waals surface area contributed by atoms with Crippen molar-refractivity contribution >= 4 is 29.3 Å². The van der Waals surface area contributed by atoms with E-state index in [1.54, 1.807) is 6.07 Å². The van der Waals surface area contributed by atoms with Gasteiger partial charge < -0.3 is 15.3 Å². The maximum atomic E-state index is 11.8. The van der Waals surface area contributed by atoms with Crippen molar-refractivity contribution in [2.75, 3.05) is 18.4 Å². The summed E-state index contributed by atoms with van der Waals surface area (Å²) in [6, 6.07) is 6.05. The lowest BCUT2D eigenvalue weighted by Crippen LogP contribution is -2.54. The van der Waals surface area contributed by atoms with E-state index in [1.165, 1.54) is 17.0 Å². The highest BCUT2D eigenvalue weighted by molar-refractivity contribution is 6.31. The summed E-state index contributed by atoms with van der Waals surface area (Å²) >= 11 is 5.80. The van der Waals surface area contributed by atoms with Crippen LogP contribution in [0.4, 0.5) is 10.5 Å². The molecule has 0 atom stereocenters. The zero-order chi connectivity index (χ0) is 14.0. The molecule has 7 heteroatoms. The van der Waals surface area contributed by atoms with Crippen molar-refractivity contribution in [3.63, 3.8) is 0 Å². The highest BCUT2D eigenvalue weighted by atomic mass is 35.5. The minimum absolute atomic E-state index is 0.170. The van der Waals surface area contributed by atoms with Crippen molar-refractivity contribution in [1.82, 2.24) is 4.90 Å². The number of anilines is 1. The van der Waals surface area contributed by atoms with Gasteiger partial charge in [0.05, 0.1) is 17.2 Å². The van der Waals surface area contributed by atoms with Gasteiger partial charge in [-0.15, -0.1) is 0 Å². The van der Waals surface area contributed by atoms with Crippen molar-refractivity contribution in [2.45, 2.75) is 0 Å². The standard InChI is InChI=1S/C12H10ClN3O3/c13-9-2-1-7(4-14)10(3-9)15-12(19)16-5-8(6-16)11(17)18/h1-3,8H,5-6H2,(H,15,19)(H,17,18). The highest BCUT2D eigenvalue weighted by Gasteiger charge is 2.35. The maximum Gasteiger partial charge on any atom is 0.321 e. The molecule has 0 spiro atoms. The van der Waals surface area contributed by atoms with E-state index in [1.807, 2.05) is 6.07 Å². The zero-order valence-electron chi connectivity index (χ0n) is 9.76. The molecule has 19 heavy (non-hydrogen) atoms. The van der Waals surface area contributed by atoms with Gasteiger partial charge in [-0.3, -0.25) is 4.79 Å². The number of halogens is 1. The summed E-state index contributed by atoms with van der Waals surface area (Å²) in [7, 11) is 0. The molecule has 0 bridgehead atoms. The number of nitrogens with one attached hydrogen (secondary N) is 1. The molecule has 1 heterocycles. The highest BCUT2D eigenvalue weighted by Crippen LogP contribution is 2.22. The van der Waals surface area contributed by atoms with Gasteiger partial charge in [-0.05, 0) is 18.2 Å². The quantitative estimate of drug-likeness (QED) is 0.862. The minimum Gasteiger partial charge on any atom is -0.481 e. The fraction of sp³-hybridized carbons (Fsp3) is 0.250.